The number of nitrogens with zero attached hydrogens (tertiary/aromatic N) is 2. The summed E-state index contributed by atoms with van der Waals surface area (Å²) in [5, 5.41) is 3.39. The van der Waals surface area contributed by atoms with Crippen LogP contribution < -0.4 is 5.32 Å². The fourth-order valence-corrected chi connectivity index (χ4v) is 3.68. The van der Waals surface area contributed by atoms with Crippen molar-refractivity contribution < 1.29 is 9.59 Å². The molecule has 2 heterocycles. The van der Waals surface area contributed by atoms with Crippen LogP contribution in [0.3, 0.4) is 0 Å². The highest BCUT2D eigenvalue weighted by molar-refractivity contribution is 6.05. The lowest BCUT2D eigenvalue weighted by molar-refractivity contribution is -0.141. The minimum absolute atomic E-state index is 0.0199. The number of likely N-dealkylation sites (tertiary alicyclic amines) is 2. The summed E-state index contributed by atoms with van der Waals surface area (Å²) >= 11 is 0. The highest BCUT2D eigenvalue weighted by Gasteiger charge is 2.43. The molecule has 1 N–H and O–H groups in total. The number of rotatable bonds is 3. The Kier molecular flexibility index (Phi) is 3.58. The average Bonchev–Trinajstić information content (AvgIpc) is 3.04. The maximum Gasteiger partial charge on any atom is 0.247 e. The molecular formula is C14H23N3O2. The van der Waals surface area contributed by atoms with Crippen molar-refractivity contribution in [1.82, 2.24) is 15.1 Å². The van der Waals surface area contributed by atoms with Gasteiger partial charge in [-0.25, -0.2) is 0 Å². The van der Waals surface area contributed by atoms with E-state index in [2.05, 4.69) is 17.3 Å². The van der Waals surface area contributed by atoms with Crippen molar-refractivity contribution in [2.45, 2.75) is 56.7 Å². The van der Waals surface area contributed by atoms with Crippen molar-refractivity contribution in [3.8, 4) is 0 Å². The Morgan fingerprint density at radius 2 is 1.89 bits per heavy atom. The molecular weight excluding hydrogens is 242 g/mol. The number of carbonyl (C=O) groups excluding carboxylic acids is 2. The van der Waals surface area contributed by atoms with Gasteiger partial charge in [-0.2, -0.15) is 0 Å². The zero-order valence-corrected chi connectivity index (χ0v) is 11.6. The Hall–Kier alpha value is -0.940. The number of nitrogens with one attached hydrogen (secondary N) is 1. The maximum absolute atomic E-state index is 12.4. The molecule has 0 radical (unpaired) electrons. The standard InChI is InChI=1S/C14H23N3O2/c1-16-7-6-10(9-16)15-12-8-13(18)17(14(12)19)11-4-2-3-5-11/h10-12,15H,2-9H2,1H3. The van der Waals surface area contributed by atoms with Gasteiger partial charge in [0, 0.05) is 18.6 Å². The van der Waals surface area contributed by atoms with E-state index in [1.807, 2.05) is 0 Å². The molecule has 3 aliphatic rings. The van der Waals surface area contributed by atoms with E-state index >= 15 is 0 Å². The molecule has 3 fully saturated rings. The molecule has 19 heavy (non-hydrogen) atoms. The lowest BCUT2D eigenvalue weighted by atomic mass is 10.2. The van der Waals surface area contributed by atoms with Crippen LogP contribution in [0.2, 0.25) is 0 Å². The predicted molar refractivity (Wildman–Crippen MR) is 71.6 cm³/mol. The second-order valence-electron chi connectivity index (χ2n) is 6.21. The molecule has 0 bridgehead atoms. The highest BCUT2D eigenvalue weighted by atomic mass is 16.2. The first-order chi connectivity index (χ1) is 9.15. The van der Waals surface area contributed by atoms with E-state index < -0.39 is 0 Å². The van der Waals surface area contributed by atoms with Crippen LogP contribution in [0.5, 0.6) is 0 Å². The Labute approximate surface area is 114 Å². The van der Waals surface area contributed by atoms with E-state index in [4.69, 9.17) is 0 Å². The van der Waals surface area contributed by atoms with Crippen LogP contribution in [-0.2, 0) is 9.59 Å². The van der Waals surface area contributed by atoms with Gasteiger partial charge in [-0.15, -0.1) is 0 Å². The van der Waals surface area contributed by atoms with E-state index in [9.17, 15) is 9.59 Å². The molecule has 0 aromatic rings. The van der Waals surface area contributed by atoms with Gasteiger partial charge in [0.05, 0.1) is 12.5 Å². The van der Waals surface area contributed by atoms with Gasteiger partial charge < -0.3 is 10.2 Å². The van der Waals surface area contributed by atoms with Crippen LogP contribution in [0.25, 0.3) is 0 Å². The van der Waals surface area contributed by atoms with Gasteiger partial charge in [-0.3, -0.25) is 14.5 Å². The van der Waals surface area contributed by atoms with Gasteiger partial charge in [-0.05, 0) is 32.9 Å². The molecule has 1 aliphatic carbocycles. The minimum Gasteiger partial charge on any atom is -0.305 e. The lowest BCUT2D eigenvalue weighted by Crippen LogP contribution is -2.46. The summed E-state index contributed by atoms with van der Waals surface area (Å²) in [5.41, 5.74) is 0. The van der Waals surface area contributed by atoms with Crippen molar-refractivity contribution in [3.05, 3.63) is 0 Å². The number of hydrogen-bond donors (Lipinski definition) is 1. The summed E-state index contributed by atoms with van der Waals surface area (Å²) in [6, 6.07) is 0.262. The Balaban J connectivity index is 1.61. The van der Waals surface area contributed by atoms with Crippen molar-refractivity contribution in [3.63, 3.8) is 0 Å². The van der Waals surface area contributed by atoms with E-state index in [1.165, 1.54) is 0 Å². The smallest absolute Gasteiger partial charge is 0.247 e. The maximum atomic E-state index is 12.4. The second-order valence-corrected chi connectivity index (χ2v) is 6.21. The van der Waals surface area contributed by atoms with Crippen molar-refractivity contribution in [2.75, 3.05) is 20.1 Å². The zero-order valence-electron chi connectivity index (χ0n) is 11.6. The predicted octanol–water partition coefficient (Wildman–Crippen LogP) is 0.350. The molecule has 2 amide bonds. The van der Waals surface area contributed by atoms with Gasteiger partial charge in [0.15, 0.2) is 0 Å². The third-order valence-electron chi connectivity index (χ3n) is 4.70. The summed E-state index contributed by atoms with van der Waals surface area (Å²) < 4.78 is 0. The first-order valence-electron chi connectivity index (χ1n) is 7.45. The summed E-state index contributed by atoms with van der Waals surface area (Å²) in [5.74, 6) is 0.0483. The van der Waals surface area contributed by atoms with E-state index in [0.717, 1.165) is 45.2 Å². The molecule has 106 valence electrons. The highest BCUT2D eigenvalue weighted by Crippen LogP contribution is 2.28. The van der Waals surface area contributed by atoms with Gasteiger partial charge in [0.25, 0.3) is 0 Å². The Bertz CT molecular complexity index is 379. The molecule has 0 aromatic heterocycles. The number of likely N-dealkylation sites (N-methyl/N-ethyl adjacent to an activating group) is 1. The van der Waals surface area contributed by atoms with Gasteiger partial charge in [0.1, 0.15) is 0 Å². The van der Waals surface area contributed by atoms with E-state index in [-0.39, 0.29) is 23.9 Å². The summed E-state index contributed by atoms with van der Waals surface area (Å²) in [6.45, 7) is 2.04. The first-order valence-corrected chi connectivity index (χ1v) is 7.45. The molecule has 2 unspecified atom stereocenters. The quantitative estimate of drug-likeness (QED) is 0.748. The summed E-state index contributed by atoms with van der Waals surface area (Å²) in [7, 11) is 2.09. The number of carbonyl (C=O) groups is 2. The molecule has 1 saturated carbocycles. The van der Waals surface area contributed by atoms with Crippen LogP contribution in [0.15, 0.2) is 0 Å². The lowest BCUT2D eigenvalue weighted by Gasteiger charge is -2.23. The normalized spacial score (nSPS) is 33.8. The van der Waals surface area contributed by atoms with E-state index in [0.29, 0.717) is 12.5 Å². The first kappa shape index (κ1) is 13.1. The molecule has 0 aromatic carbocycles. The fourth-order valence-electron chi connectivity index (χ4n) is 3.68. The van der Waals surface area contributed by atoms with E-state index in [1.54, 1.807) is 4.90 Å². The molecule has 3 rings (SSSR count). The van der Waals surface area contributed by atoms with Crippen molar-refractivity contribution in [1.29, 1.82) is 0 Å². The summed E-state index contributed by atoms with van der Waals surface area (Å²) in [6.07, 6.45) is 5.71. The van der Waals surface area contributed by atoms with Crippen LogP contribution in [0.4, 0.5) is 0 Å². The van der Waals surface area contributed by atoms with Gasteiger partial charge in [0.2, 0.25) is 11.8 Å². The topological polar surface area (TPSA) is 52.7 Å². The van der Waals surface area contributed by atoms with Crippen LogP contribution >= 0.6 is 0 Å². The molecule has 5 nitrogen and oxygen atoms in total. The third-order valence-corrected chi connectivity index (χ3v) is 4.70. The second kappa shape index (κ2) is 5.21. The summed E-state index contributed by atoms with van der Waals surface area (Å²) in [4.78, 5) is 28.3. The zero-order chi connectivity index (χ0) is 13.4. The van der Waals surface area contributed by atoms with Gasteiger partial charge >= 0.3 is 0 Å². The van der Waals surface area contributed by atoms with Crippen LogP contribution in [-0.4, -0.2) is 59.9 Å². The molecule has 2 atom stereocenters. The van der Waals surface area contributed by atoms with Crippen molar-refractivity contribution in [2.24, 2.45) is 0 Å². The Morgan fingerprint density at radius 1 is 1.16 bits per heavy atom. The van der Waals surface area contributed by atoms with Crippen LogP contribution in [0, 0.1) is 0 Å². The molecule has 5 heteroatoms. The van der Waals surface area contributed by atoms with Crippen molar-refractivity contribution >= 4 is 11.8 Å². The van der Waals surface area contributed by atoms with Gasteiger partial charge in [-0.1, -0.05) is 12.8 Å². The SMILES string of the molecule is CN1CCC(NC2CC(=O)N(C3CCCC3)C2=O)C1. The fraction of sp³-hybridized carbons (Fsp3) is 0.857. The molecule has 2 saturated heterocycles. The molecule has 0 spiro atoms. The monoisotopic (exact) mass is 265 g/mol. The number of hydrogen-bond acceptors (Lipinski definition) is 4. The minimum atomic E-state index is -0.274. The number of imide groups is 1. The average molecular weight is 265 g/mol. The largest absolute Gasteiger partial charge is 0.305 e. The Morgan fingerprint density at radius 3 is 2.53 bits per heavy atom. The number of amides is 2. The third kappa shape index (κ3) is 2.54. The van der Waals surface area contributed by atoms with Crippen LogP contribution in [0.1, 0.15) is 38.5 Å². The molecule has 2 aliphatic heterocycles.